The van der Waals surface area contributed by atoms with Gasteiger partial charge >= 0.3 is 5.97 Å². The van der Waals surface area contributed by atoms with Crippen molar-refractivity contribution in [3.05, 3.63) is 12.2 Å². The van der Waals surface area contributed by atoms with Crippen molar-refractivity contribution in [3.63, 3.8) is 0 Å². The number of carbonyl (C=O) groups excluding carboxylic acids is 1. The topological polar surface area (TPSA) is 26.3 Å². The number of hydrogen-bond donors (Lipinski definition) is 0. The first-order valence-corrected chi connectivity index (χ1v) is 13.9. The molecule has 2 nitrogen and oxygen atoms in total. The fourth-order valence-corrected chi connectivity index (χ4v) is 8.93. The highest BCUT2D eigenvalue weighted by atomic mass is 16.5. The van der Waals surface area contributed by atoms with Crippen LogP contribution in [-0.4, -0.2) is 12.1 Å². The van der Waals surface area contributed by atoms with Gasteiger partial charge in [-0.1, -0.05) is 66.5 Å². The lowest BCUT2D eigenvalue weighted by Crippen LogP contribution is -2.52. The number of ether oxygens (including phenoxy) is 1. The summed E-state index contributed by atoms with van der Waals surface area (Å²) in [6, 6.07) is 0. The Morgan fingerprint density at radius 1 is 1.03 bits per heavy atom. The Morgan fingerprint density at radius 3 is 2.47 bits per heavy atom. The Hall–Kier alpha value is -0.790. The maximum Gasteiger partial charge on any atom is 0.302 e. The summed E-state index contributed by atoms with van der Waals surface area (Å²) in [5.74, 6) is 6.40. The van der Waals surface area contributed by atoms with Crippen molar-refractivity contribution in [1.82, 2.24) is 0 Å². The molecule has 0 spiro atoms. The molecule has 3 fully saturated rings. The van der Waals surface area contributed by atoms with E-state index in [4.69, 9.17) is 4.74 Å². The van der Waals surface area contributed by atoms with Crippen LogP contribution >= 0.6 is 0 Å². The van der Waals surface area contributed by atoms with Gasteiger partial charge in [0.1, 0.15) is 6.10 Å². The van der Waals surface area contributed by atoms with E-state index in [1.54, 1.807) is 6.92 Å². The van der Waals surface area contributed by atoms with Gasteiger partial charge in [0.2, 0.25) is 0 Å². The second-order valence-electron chi connectivity index (χ2n) is 13.3. The molecule has 10 unspecified atom stereocenters. The Labute approximate surface area is 198 Å². The van der Waals surface area contributed by atoms with E-state index in [0.29, 0.717) is 16.7 Å². The van der Waals surface area contributed by atoms with Gasteiger partial charge in [0.15, 0.2) is 0 Å². The maximum atomic E-state index is 11.5. The maximum absolute atomic E-state index is 11.5. The molecule has 4 aliphatic rings. The largest absolute Gasteiger partial charge is 0.463 e. The Kier molecular flexibility index (Phi) is 6.92. The lowest BCUT2D eigenvalue weighted by molar-refractivity contribution is -0.154. The van der Waals surface area contributed by atoms with Crippen LogP contribution in [0.1, 0.15) is 106 Å². The van der Waals surface area contributed by atoms with E-state index >= 15 is 0 Å². The number of esters is 1. The van der Waals surface area contributed by atoms with Gasteiger partial charge in [-0.05, 0) is 103 Å². The average molecular weight is 443 g/mol. The molecule has 0 heterocycles. The third-order valence-electron chi connectivity index (χ3n) is 11.4. The first-order valence-electron chi connectivity index (χ1n) is 13.9. The zero-order chi connectivity index (χ0) is 23.3. The SMILES string of the molecule is CC(=O)OC1CCC2(C)C(CCC3C4CCC(C(C)CCC(C)C(C)C)C4(C)C=CC32)C1. The second-order valence-corrected chi connectivity index (χ2v) is 13.3. The first kappa shape index (κ1) is 24.3. The van der Waals surface area contributed by atoms with Crippen molar-refractivity contribution in [2.45, 2.75) is 112 Å². The minimum atomic E-state index is -0.102. The van der Waals surface area contributed by atoms with E-state index in [-0.39, 0.29) is 12.1 Å². The highest BCUT2D eigenvalue weighted by Crippen LogP contribution is 2.66. The first-order chi connectivity index (χ1) is 15.1. The predicted octanol–water partition coefficient (Wildman–Crippen LogP) is 8.06. The Balaban J connectivity index is 1.48. The summed E-state index contributed by atoms with van der Waals surface area (Å²) in [6.07, 6.45) is 17.3. The number of allylic oxidation sites excluding steroid dienone is 2. The highest BCUT2D eigenvalue weighted by molar-refractivity contribution is 5.66. The van der Waals surface area contributed by atoms with Crippen LogP contribution in [0, 0.1) is 58.2 Å². The number of carbonyl (C=O) groups is 1. The van der Waals surface area contributed by atoms with Gasteiger partial charge in [-0.15, -0.1) is 0 Å². The van der Waals surface area contributed by atoms with E-state index < -0.39 is 0 Å². The minimum Gasteiger partial charge on any atom is -0.463 e. The molecular formula is C30H50O2. The molecule has 3 saturated carbocycles. The van der Waals surface area contributed by atoms with E-state index in [0.717, 1.165) is 54.3 Å². The third kappa shape index (κ3) is 4.22. The summed E-state index contributed by atoms with van der Waals surface area (Å²) >= 11 is 0. The van der Waals surface area contributed by atoms with Crippen molar-refractivity contribution >= 4 is 5.97 Å². The van der Waals surface area contributed by atoms with Gasteiger partial charge in [0.05, 0.1) is 0 Å². The molecule has 182 valence electrons. The van der Waals surface area contributed by atoms with Gasteiger partial charge in [-0.2, -0.15) is 0 Å². The van der Waals surface area contributed by atoms with Gasteiger partial charge in [0, 0.05) is 6.92 Å². The molecule has 0 aromatic heterocycles. The molecule has 10 atom stereocenters. The smallest absolute Gasteiger partial charge is 0.302 e. The van der Waals surface area contributed by atoms with Crippen LogP contribution in [0.3, 0.4) is 0 Å². The normalized spacial score (nSPS) is 45.0. The van der Waals surface area contributed by atoms with Crippen LogP contribution in [0.4, 0.5) is 0 Å². The van der Waals surface area contributed by atoms with E-state index in [2.05, 4.69) is 53.7 Å². The lowest BCUT2D eigenvalue weighted by Gasteiger charge is -2.59. The molecule has 0 aromatic carbocycles. The quantitative estimate of drug-likeness (QED) is 0.307. The highest BCUT2D eigenvalue weighted by Gasteiger charge is 2.59. The van der Waals surface area contributed by atoms with Crippen molar-refractivity contribution in [2.75, 3.05) is 0 Å². The van der Waals surface area contributed by atoms with E-state index in [1.807, 2.05) is 0 Å². The zero-order valence-corrected chi connectivity index (χ0v) is 22.0. The second kappa shape index (κ2) is 9.10. The summed E-state index contributed by atoms with van der Waals surface area (Å²) in [7, 11) is 0. The summed E-state index contributed by atoms with van der Waals surface area (Å²) in [4.78, 5) is 11.5. The van der Waals surface area contributed by atoms with Crippen LogP contribution in [0.25, 0.3) is 0 Å². The molecule has 0 aromatic rings. The molecule has 4 aliphatic carbocycles. The Bertz CT molecular complexity index is 710. The van der Waals surface area contributed by atoms with Gasteiger partial charge < -0.3 is 4.74 Å². The van der Waals surface area contributed by atoms with Gasteiger partial charge in [0.25, 0.3) is 0 Å². The molecular weight excluding hydrogens is 392 g/mol. The van der Waals surface area contributed by atoms with Crippen LogP contribution < -0.4 is 0 Å². The monoisotopic (exact) mass is 442 g/mol. The van der Waals surface area contributed by atoms with Crippen LogP contribution in [0.5, 0.6) is 0 Å². The van der Waals surface area contributed by atoms with Crippen LogP contribution in [0.2, 0.25) is 0 Å². The average Bonchev–Trinajstić information content (AvgIpc) is 3.08. The van der Waals surface area contributed by atoms with Crippen molar-refractivity contribution in [3.8, 4) is 0 Å². The van der Waals surface area contributed by atoms with Crippen molar-refractivity contribution in [2.24, 2.45) is 58.2 Å². The van der Waals surface area contributed by atoms with Crippen molar-refractivity contribution < 1.29 is 9.53 Å². The summed E-state index contributed by atoms with van der Waals surface area (Å²) < 4.78 is 5.64. The van der Waals surface area contributed by atoms with Crippen LogP contribution in [-0.2, 0) is 9.53 Å². The van der Waals surface area contributed by atoms with Gasteiger partial charge in [-0.25, -0.2) is 0 Å². The number of fused-ring (bicyclic) bond motifs is 5. The molecule has 0 radical (unpaired) electrons. The van der Waals surface area contributed by atoms with Gasteiger partial charge in [-0.3, -0.25) is 4.79 Å². The molecule has 4 rings (SSSR count). The zero-order valence-electron chi connectivity index (χ0n) is 22.0. The summed E-state index contributed by atoms with van der Waals surface area (Å²) in [5.41, 5.74) is 0.799. The molecule has 32 heavy (non-hydrogen) atoms. The molecule has 0 N–H and O–H groups in total. The van der Waals surface area contributed by atoms with E-state index in [1.165, 1.54) is 44.9 Å². The predicted molar refractivity (Wildman–Crippen MR) is 133 cm³/mol. The number of hydrogen-bond acceptors (Lipinski definition) is 2. The summed E-state index contributed by atoms with van der Waals surface area (Å²) in [6.45, 7) is 16.5. The van der Waals surface area contributed by atoms with Crippen LogP contribution in [0.15, 0.2) is 12.2 Å². The molecule has 0 saturated heterocycles. The molecule has 0 bridgehead atoms. The lowest BCUT2D eigenvalue weighted by atomic mass is 9.46. The fraction of sp³-hybridized carbons (Fsp3) is 0.900. The Morgan fingerprint density at radius 2 is 1.78 bits per heavy atom. The van der Waals surface area contributed by atoms with E-state index in [9.17, 15) is 4.79 Å². The number of rotatable bonds is 6. The minimum absolute atomic E-state index is 0.102. The molecule has 0 amide bonds. The summed E-state index contributed by atoms with van der Waals surface area (Å²) in [5, 5.41) is 0. The molecule has 0 aliphatic heterocycles. The standard InChI is InChI=1S/C30H50O2/c1-19(2)20(3)8-9-21(4)26-12-13-27-25-11-10-23-18-24(32-22(5)31)14-16-29(23,6)28(25)15-17-30(26,27)7/h15,17,19-21,23-28H,8-14,16,18H2,1-7H3. The fourth-order valence-electron chi connectivity index (χ4n) is 8.93. The third-order valence-corrected chi connectivity index (χ3v) is 11.4. The molecule has 2 heteroatoms. The van der Waals surface area contributed by atoms with Crippen molar-refractivity contribution in [1.29, 1.82) is 0 Å².